The van der Waals surface area contributed by atoms with Crippen LogP contribution in [0.2, 0.25) is 0 Å². The van der Waals surface area contributed by atoms with Crippen molar-refractivity contribution < 1.29 is 18.0 Å². The second-order valence-electron chi connectivity index (χ2n) is 3.99. The van der Waals surface area contributed by atoms with Crippen LogP contribution in [-0.4, -0.2) is 12.0 Å². The van der Waals surface area contributed by atoms with Crippen LogP contribution >= 0.6 is 0 Å². The van der Waals surface area contributed by atoms with Gasteiger partial charge >= 0.3 is 6.18 Å². The van der Waals surface area contributed by atoms with Crippen molar-refractivity contribution in [2.45, 2.75) is 38.8 Å². The molecule has 0 radical (unpaired) electrons. The van der Waals surface area contributed by atoms with Gasteiger partial charge in [0.2, 0.25) is 0 Å². The van der Waals surface area contributed by atoms with Crippen molar-refractivity contribution in [1.29, 1.82) is 0 Å². The molecule has 17 heavy (non-hydrogen) atoms. The molecule has 0 amide bonds. The molecule has 1 nitrogen and oxygen atoms in total. The maximum atomic E-state index is 11.9. The molecular formula is C13H15F3O. The average Bonchev–Trinajstić information content (AvgIpc) is 2.26. The fraction of sp³-hybridized carbons (Fsp3) is 0.462. The Hall–Kier alpha value is -1.32. The first-order valence-electron chi connectivity index (χ1n) is 5.61. The van der Waals surface area contributed by atoms with Gasteiger partial charge in [0.15, 0.2) is 5.78 Å². The zero-order chi connectivity index (χ0) is 12.9. The Kier molecular flexibility index (Phi) is 4.73. The topological polar surface area (TPSA) is 17.1 Å². The molecule has 0 bridgehead atoms. The number of ketones is 1. The molecule has 1 aromatic rings. The minimum Gasteiger partial charge on any atom is -0.294 e. The predicted octanol–water partition coefficient (Wildman–Crippen LogP) is 4.16. The van der Waals surface area contributed by atoms with Gasteiger partial charge in [-0.05, 0) is 12.0 Å². The van der Waals surface area contributed by atoms with E-state index < -0.39 is 24.8 Å². The Bertz CT molecular complexity index is 365. The molecule has 0 heterocycles. The summed E-state index contributed by atoms with van der Waals surface area (Å²) in [6.45, 7) is 2.04. The summed E-state index contributed by atoms with van der Waals surface area (Å²) < 4.78 is 35.8. The van der Waals surface area contributed by atoms with Crippen LogP contribution in [0.25, 0.3) is 0 Å². The first-order valence-corrected chi connectivity index (χ1v) is 5.61. The Morgan fingerprint density at radius 2 is 1.76 bits per heavy atom. The van der Waals surface area contributed by atoms with Crippen LogP contribution in [0.1, 0.15) is 42.1 Å². The fourth-order valence-corrected chi connectivity index (χ4v) is 1.55. The standard InChI is InChI=1S/C13H15F3O/c1-2-3-10-4-6-11(7-5-10)12(17)8-9-13(14,15)16/h4-7H,2-3,8-9H2,1H3. The zero-order valence-corrected chi connectivity index (χ0v) is 9.68. The van der Waals surface area contributed by atoms with E-state index in [-0.39, 0.29) is 0 Å². The fourth-order valence-electron chi connectivity index (χ4n) is 1.55. The molecule has 0 N–H and O–H groups in total. The number of hydrogen-bond donors (Lipinski definition) is 0. The highest BCUT2D eigenvalue weighted by Gasteiger charge is 2.28. The van der Waals surface area contributed by atoms with E-state index in [9.17, 15) is 18.0 Å². The summed E-state index contributed by atoms with van der Waals surface area (Å²) in [5.74, 6) is -0.453. The van der Waals surface area contributed by atoms with Gasteiger partial charge in [0, 0.05) is 12.0 Å². The van der Waals surface area contributed by atoms with Crippen LogP contribution in [0.4, 0.5) is 13.2 Å². The Balaban J connectivity index is 2.57. The van der Waals surface area contributed by atoms with Gasteiger partial charge in [-0.2, -0.15) is 13.2 Å². The highest BCUT2D eigenvalue weighted by atomic mass is 19.4. The van der Waals surface area contributed by atoms with Crippen LogP contribution in [0.15, 0.2) is 24.3 Å². The summed E-state index contributed by atoms with van der Waals surface area (Å²) in [5.41, 5.74) is 1.45. The monoisotopic (exact) mass is 244 g/mol. The molecule has 0 fully saturated rings. The predicted molar refractivity (Wildman–Crippen MR) is 60.1 cm³/mol. The zero-order valence-electron chi connectivity index (χ0n) is 9.68. The number of rotatable bonds is 5. The van der Waals surface area contributed by atoms with Crippen molar-refractivity contribution in [2.24, 2.45) is 0 Å². The van der Waals surface area contributed by atoms with Crippen LogP contribution in [0.3, 0.4) is 0 Å². The van der Waals surface area contributed by atoms with E-state index in [1.807, 2.05) is 6.92 Å². The van der Waals surface area contributed by atoms with Crippen molar-refractivity contribution in [3.05, 3.63) is 35.4 Å². The lowest BCUT2D eigenvalue weighted by Gasteiger charge is -2.06. The van der Waals surface area contributed by atoms with Crippen molar-refractivity contribution in [3.8, 4) is 0 Å². The summed E-state index contributed by atoms with van der Waals surface area (Å²) in [6.07, 6.45) is -3.88. The summed E-state index contributed by atoms with van der Waals surface area (Å²) in [6, 6.07) is 6.79. The molecule has 1 rings (SSSR count). The molecule has 0 unspecified atom stereocenters. The van der Waals surface area contributed by atoms with E-state index in [0.717, 1.165) is 18.4 Å². The number of carbonyl (C=O) groups excluding carboxylic acids is 1. The summed E-state index contributed by atoms with van der Waals surface area (Å²) in [7, 11) is 0. The van der Waals surface area contributed by atoms with Gasteiger partial charge in [0.1, 0.15) is 0 Å². The second-order valence-corrected chi connectivity index (χ2v) is 3.99. The molecule has 0 aromatic heterocycles. The van der Waals surface area contributed by atoms with Crippen LogP contribution < -0.4 is 0 Å². The number of carbonyl (C=O) groups is 1. The maximum Gasteiger partial charge on any atom is 0.389 e. The number of Topliss-reactive ketones (excluding diaryl/α,β-unsaturated/α-hetero) is 1. The molecule has 0 saturated carbocycles. The van der Waals surface area contributed by atoms with E-state index in [2.05, 4.69) is 0 Å². The van der Waals surface area contributed by atoms with Gasteiger partial charge in [-0.15, -0.1) is 0 Å². The number of benzene rings is 1. The smallest absolute Gasteiger partial charge is 0.294 e. The third-order valence-corrected chi connectivity index (χ3v) is 2.45. The Morgan fingerprint density at radius 3 is 2.24 bits per heavy atom. The molecule has 1 aromatic carbocycles. The van der Waals surface area contributed by atoms with Gasteiger partial charge in [-0.25, -0.2) is 0 Å². The van der Waals surface area contributed by atoms with Crippen molar-refractivity contribution in [2.75, 3.05) is 0 Å². The van der Waals surface area contributed by atoms with Crippen LogP contribution in [0, 0.1) is 0 Å². The van der Waals surface area contributed by atoms with E-state index in [4.69, 9.17) is 0 Å². The third-order valence-electron chi connectivity index (χ3n) is 2.45. The molecule has 0 aliphatic rings. The SMILES string of the molecule is CCCc1ccc(C(=O)CCC(F)(F)F)cc1. The first-order chi connectivity index (χ1) is 7.92. The average molecular weight is 244 g/mol. The van der Waals surface area contributed by atoms with Crippen molar-refractivity contribution >= 4 is 5.78 Å². The van der Waals surface area contributed by atoms with E-state index in [1.54, 1.807) is 24.3 Å². The molecule has 0 atom stereocenters. The molecular weight excluding hydrogens is 229 g/mol. The highest BCUT2D eigenvalue weighted by molar-refractivity contribution is 5.96. The molecule has 94 valence electrons. The summed E-state index contributed by atoms with van der Waals surface area (Å²) >= 11 is 0. The number of hydrogen-bond acceptors (Lipinski definition) is 1. The largest absolute Gasteiger partial charge is 0.389 e. The van der Waals surface area contributed by atoms with Crippen molar-refractivity contribution in [1.82, 2.24) is 0 Å². The molecule has 4 heteroatoms. The quantitative estimate of drug-likeness (QED) is 0.710. The Labute approximate surface area is 98.6 Å². The van der Waals surface area contributed by atoms with Crippen LogP contribution in [-0.2, 0) is 6.42 Å². The maximum absolute atomic E-state index is 11.9. The van der Waals surface area contributed by atoms with E-state index in [0.29, 0.717) is 5.56 Å². The lowest BCUT2D eigenvalue weighted by atomic mass is 10.0. The van der Waals surface area contributed by atoms with Crippen molar-refractivity contribution in [3.63, 3.8) is 0 Å². The van der Waals surface area contributed by atoms with Gasteiger partial charge in [-0.1, -0.05) is 37.6 Å². The normalized spacial score (nSPS) is 11.5. The van der Waals surface area contributed by atoms with Gasteiger partial charge in [0.25, 0.3) is 0 Å². The second kappa shape index (κ2) is 5.84. The first kappa shape index (κ1) is 13.7. The van der Waals surface area contributed by atoms with Gasteiger partial charge < -0.3 is 0 Å². The minimum absolute atomic E-state index is 0.356. The van der Waals surface area contributed by atoms with Crippen LogP contribution in [0.5, 0.6) is 0 Å². The lowest BCUT2D eigenvalue weighted by Crippen LogP contribution is -2.10. The molecule has 0 aliphatic heterocycles. The Morgan fingerprint density at radius 1 is 1.18 bits per heavy atom. The lowest BCUT2D eigenvalue weighted by molar-refractivity contribution is -0.133. The van der Waals surface area contributed by atoms with E-state index in [1.165, 1.54) is 0 Å². The summed E-state index contributed by atoms with van der Waals surface area (Å²) in [5, 5.41) is 0. The molecule has 0 aliphatic carbocycles. The number of halogens is 3. The van der Waals surface area contributed by atoms with Gasteiger partial charge in [-0.3, -0.25) is 4.79 Å². The number of alkyl halides is 3. The third kappa shape index (κ3) is 5.02. The van der Waals surface area contributed by atoms with E-state index >= 15 is 0 Å². The molecule has 0 saturated heterocycles. The van der Waals surface area contributed by atoms with Gasteiger partial charge in [0.05, 0.1) is 6.42 Å². The number of aryl methyl sites for hydroxylation is 1. The molecule has 0 spiro atoms. The highest BCUT2D eigenvalue weighted by Crippen LogP contribution is 2.22. The summed E-state index contributed by atoms with van der Waals surface area (Å²) in [4.78, 5) is 11.5. The minimum atomic E-state index is -4.27.